The van der Waals surface area contributed by atoms with Crippen LogP contribution in [0.2, 0.25) is 5.02 Å². The van der Waals surface area contributed by atoms with E-state index in [9.17, 15) is 32.4 Å². The molecular formula is C48H57ClN8O8S2. The topological polar surface area (TPSA) is 207 Å². The van der Waals surface area contributed by atoms with Gasteiger partial charge in [0, 0.05) is 85.7 Å². The summed E-state index contributed by atoms with van der Waals surface area (Å²) in [4.78, 5) is 40.2. The number of fused-ring (bicyclic) bond motifs is 2. The second-order valence-electron chi connectivity index (χ2n) is 18.9. The lowest BCUT2D eigenvalue weighted by atomic mass is 9.72. The molecule has 0 atom stereocenters. The number of aromatic nitrogens is 2. The summed E-state index contributed by atoms with van der Waals surface area (Å²) in [5.41, 5.74) is 6.68. The van der Waals surface area contributed by atoms with Gasteiger partial charge in [-0.15, -0.1) is 0 Å². The number of carbonyl (C=O) groups is 1. The molecule has 5 aromatic rings. The molecule has 3 aromatic carbocycles. The number of benzene rings is 3. The maximum Gasteiger partial charge on any atom is 0.293 e. The highest BCUT2D eigenvalue weighted by molar-refractivity contribution is 8.24. The third-order valence-electron chi connectivity index (χ3n) is 13.6. The molecule has 1 aliphatic carbocycles. The third-order valence-corrected chi connectivity index (χ3v) is 16.9. The number of nitrogens with zero attached hydrogens (tertiary/aromatic N) is 5. The molecule has 9 rings (SSSR count). The van der Waals surface area contributed by atoms with Gasteiger partial charge < -0.3 is 24.8 Å². The number of allylic oxidation sites excluding steroid dienone is 1. The number of rotatable bonds is 12. The van der Waals surface area contributed by atoms with E-state index in [4.69, 9.17) is 21.3 Å². The van der Waals surface area contributed by atoms with E-state index in [1.807, 2.05) is 41.3 Å². The highest BCUT2D eigenvalue weighted by atomic mass is 35.5. The van der Waals surface area contributed by atoms with Crippen LogP contribution in [0.4, 0.5) is 28.4 Å². The smallest absolute Gasteiger partial charge is 0.293 e. The quantitative estimate of drug-likeness (QED) is 0.0584. The number of amides is 1. The first-order valence-corrected chi connectivity index (χ1v) is 26.6. The Morgan fingerprint density at radius 3 is 2.51 bits per heavy atom. The van der Waals surface area contributed by atoms with E-state index < -0.39 is 42.0 Å². The van der Waals surface area contributed by atoms with Crippen LogP contribution in [-0.2, 0) is 10.0 Å². The monoisotopic (exact) mass is 972 g/mol. The number of hydrogen-bond acceptors (Lipinski definition) is 13. The second-order valence-corrected chi connectivity index (χ2v) is 23.4. The largest absolute Gasteiger partial charge is 0.476 e. The van der Waals surface area contributed by atoms with Crippen molar-refractivity contribution in [3.63, 3.8) is 0 Å². The summed E-state index contributed by atoms with van der Waals surface area (Å²) in [7, 11) is -7.20. The van der Waals surface area contributed by atoms with Gasteiger partial charge in [-0.3, -0.25) is 28.9 Å². The standard InChI is InChI=1S/C48H57ClN8O8S2/c1-48(2)16-12-35(40(29-48)33-4-6-36(49)7-5-33)31-54-19-21-55(22-20-54)37-8-10-39(42(27-37)56-18-3-23-65-47-44(56)26-34-13-17-50-45(34)52-47)46(58)53-67(63,64)38-9-11-41(43(28-38)57(59)60)51-30-32-14-24-66(61,62)25-15-32/h4-11,13,17,26-28,32,51,61-62H,3,12,14-16,18-25,29-31H2,1-2H3,(H,50,52)(H,53,58). The van der Waals surface area contributed by atoms with Crippen LogP contribution in [0.5, 0.6) is 5.88 Å². The first-order chi connectivity index (χ1) is 32.0. The Bertz CT molecular complexity index is 2820. The van der Waals surface area contributed by atoms with E-state index in [1.54, 1.807) is 12.3 Å². The zero-order valence-corrected chi connectivity index (χ0v) is 40.1. The molecule has 19 heteroatoms. The van der Waals surface area contributed by atoms with Gasteiger partial charge in [0.25, 0.3) is 21.6 Å². The lowest BCUT2D eigenvalue weighted by molar-refractivity contribution is -0.384. The van der Waals surface area contributed by atoms with Crippen LogP contribution in [0.3, 0.4) is 0 Å². The molecular weight excluding hydrogens is 916 g/mol. The number of ether oxygens (including phenoxy) is 1. The van der Waals surface area contributed by atoms with E-state index >= 15 is 0 Å². The Hall–Kier alpha value is -5.37. The van der Waals surface area contributed by atoms with E-state index in [0.717, 1.165) is 74.1 Å². The maximum absolute atomic E-state index is 14.4. The second kappa shape index (κ2) is 19.0. The fraction of sp³-hybridized carbons (Fsp3) is 0.417. The van der Waals surface area contributed by atoms with E-state index in [0.29, 0.717) is 61.9 Å². The van der Waals surface area contributed by atoms with Gasteiger partial charge in [-0.2, -0.15) is 15.6 Å². The summed E-state index contributed by atoms with van der Waals surface area (Å²) in [6.07, 6.45) is 6.66. The summed E-state index contributed by atoms with van der Waals surface area (Å²) in [5.74, 6) is 0.0895. The molecule has 1 amide bonds. The average molecular weight is 974 g/mol. The zero-order valence-electron chi connectivity index (χ0n) is 37.7. The molecule has 2 aromatic heterocycles. The lowest BCUT2D eigenvalue weighted by Gasteiger charge is -2.39. The van der Waals surface area contributed by atoms with Crippen molar-refractivity contribution in [2.24, 2.45) is 11.3 Å². The van der Waals surface area contributed by atoms with Crippen LogP contribution in [0.15, 0.2) is 89.5 Å². The predicted octanol–water partition coefficient (Wildman–Crippen LogP) is 9.52. The number of sulfonamides is 1. The molecule has 0 saturated carbocycles. The van der Waals surface area contributed by atoms with Gasteiger partial charge in [0.1, 0.15) is 17.0 Å². The van der Waals surface area contributed by atoms with Gasteiger partial charge >= 0.3 is 0 Å². The van der Waals surface area contributed by atoms with Crippen molar-refractivity contribution in [1.82, 2.24) is 19.6 Å². The first-order valence-electron chi connectivity index (χ1n) is 22.8. The number of nitrogens with one attached hydrogen (secondary N) is 3. The molecule has 0 spiro atoms. The highest BCUT2D eigenvalue weighted by Gasteiger charge is 2.32. The number of nitro groups is 1. The van der Waals surface area contributed by atoms with Crippen LogP contribution in [-0.4, -0.2) is 107 Å². The number of pyridine rings is 1. The van der Waals surface area contributed by atoms with E-state index in [-0.39, 0.29) is 34.1 Å². The minimum atomic E-state index is -4.61. The Balaban J connectivity index is 0.975. The number of hydrogen-bond donors (Lipinski definition) is 5. The van der Waals surface area contributed by atoms with Gasteiger partial charge in [-0.25, -0.2) is 13.1 Å². The minimum absolute atomic E-state index is 0.0620. The Morgan fingerprint density at radius 2 is 1.76 bits per heavy atom. The van der Waals surface area contributed by atoms with Crippen molar-refractivity contribution < 1.29 is 32.0 Å². The van der Waals surface area contributed by atoms with Crippen molar-refractivity contribution in [3.8, 4) is 5.88 Å². The summed E-state index contributed by atoms with van der Waals surface area (Å²) in [6, 6.07) is 20.9. The number of piperazine rings is 1. The predicted molar refractivity (Wildman–Crippen MR) is 266 cm³/mol. The van der Waals surface area contributed by atoms with Crippen molar-refractivity contribution in [3.05, 3.63) is 111 Å². The molecule has 5 N–H and O–H groups in total. The molecule has 4 aliphatic rings. The van der Waals surface area contributed by atoms with Crippen molar-refractivity contribution in [2.45, 2.75) is 57.3 Å². The van der Waals surface area contributed by atoms with Crippen LogP contribution in [0.25, 0.3) is 16.6 Å². The lowest BCUT2D eigenvalue weighted by Crippen LogP contribution is -2.47. The van der Waals surface area contributed by atoms with Crippen molar-refractivity contribution >= 4 is 83.2 Å². The number of aromatic amines is 1. The van der Waals surface area contributed by atoms with Crippen LogP contribution < -0.4 is 24.6 Å². The fourth-order valence-electron chi connectivity index (χ4n) is 9.68. The number of anilines is 4. The Morgan fingerprint density at radius 1 is 1.00 bits per heavy atom. The minimum Gasteiger partial charge on any atom is -0.476 e. The molecule has 3 aliphatic heterocycles. The Labute approximate surface area is 397 Å². The van der Waals surface area contributed by atoms with Gasteiger partial charge in [0.05, 0.1) is 27.7 Å². The van der Waals surface area contributed by atoms with Crippen LogP contribution in [0.1, 0.15) is 68.3 Å². The molecule has 2 saturated heterocycles. The number of halogens is 1. The fourth-order valence-corrected chi connectivity index (χ4v) is 12.4. The Kier molecular flexibility index (Phi) is 13.2. The van der Waals surface area contributed by atoms with Gasteiger partial charge in [-0.1, -0.05) is 43.2 Å². The normalized spacial score (nSPS) is 19.6. The van der Waals surface area contributed by atoms with Crippen molar-refractivity contribution in [2.75, 3.05) is 79.0 Å². The number of nitro benzene ring substituents is 1. The molecule has 2 fully saturated rings. The molecule has 0 bridgehead atoms. The molecule has 0 radical (unpaired) electrons. The summed E-state index contributed by atoms with van der Waals surface area (Å²) < 4.78 is 56.2. The first kappa shape index (κ1) is 46.7. The summed E-state index contributed by atoms with van der Waals surface area (Å²) >= 11 is 6.27. The number of carbonyl (C=O) groups excluding carboxylic acids is 1. The molecule has 16 nitrogen and oxygen atoms in total. The van der Waals surface area contributed by atoms with E-state index in [2.05, 4.69) is 50.8 Å². The summed E-state index contributed by atoms with van der Waals surface area (Å²) in [5, 5.41) is 16.9. The van der Waals surface area contributed by atoms with Crippen LogP contribution >= 0.6 is 22.2 Å². The maximum atomic E-state index is 14.4. The molecule has 0 unspecified atom stereocenters. The van der Waals surface area contributed by atoms with E-state index in [1.165, 1.54) is 28.8 Å². The SMILES string of the molecule is CC1(C)CCC(CN2CCN(c3ccc(C(=O)NS(=O)(=O)c4ccc(NCC5CCS(O)(O)CC5)c([N+](=O)[O-])c4)c(N4CCCOc5nc6[nH]ccc6cc54)c3)CC2)=C(c2ccc(Cl)cc2)C1. The molecule has 67 heavy (non-hydrogen) atoms. The zero-order chi connectivity index (χ0) is 47.1. The van der Waals surface area contributed by atoms with Crippen LogP contribution in [0, 0.1) is 21.4 Å². The molecule has 356 valence electrons. The highest BCUT2D eigenvalue weighted by Crippen LogP contribution is 2.47. The average Bonchev–Trinajstić information content (AvgIpc) is 3.66. The van der Waals surface area contributed by atoms with Gasteiger partial charge in [0.2, 0.25) is 5.88 Å². The molecule has 5 heterocycles. The third kappa shape index (κ3) is 10.5. The van der Waals surface area contributed by atoms with Gasteiger partial charge in [0.15, 0.2) is 0 Å². The number of H-pyrrole nitrogens is 1. The van der Waals surface area contributed by atoms with Gasteiger partial charge in [-0.05, 0) is 116 Å². The summed E-state index contributed by atoms with van der Waals surface area (Å²) in [6.45, 7) is 9.83. The van der Waals surface area contributed by atoms with Crippen molar-refractivity contribution in [1.29, 1.82) is 0 Å².